The fourth-order valence-electron chi connectivity index (χ4n) is 1.99. The van der Waals surface area contributed by atoms with Crippen LogP contribution in [-0.4, -0.2) is 42.3 Å². The van der Waals surface area contributed by atoms with Crippen LogP contribution in [0.4, 0.5) is 4.39 Å². The highest BCUT2D eigenvalue weighted by atomic mass is 19.1. The van der Waals surface area contributed by atoms with Crippen molar-refractivity contribution in [1.29, 1.82) is 0 Å². The van der Waals surface area contributed by atoms with Gasteiger partial charge < -0.3 is 14.3 Å². The first kappa shape index (κ1) is 15.5. The van der Waals surface area contributed by atoms with Crippen LogP contribution in [0.5, 0.6) is 5.75 Å². The molecule has 1 heterocycles. The second kappa shape index (κ2) is 6.69. The number of rotatable bonds is 6. The van der Waals surface area contributed by atoms with E-state index in [1.165, 1.54) is 13.2 Å². The third kappa shape index (κ3) is 3.59. The zero-order valence-electron chi connectivity index (χ0n) is 12.4. The summed E-state index contributed by atoms with van der Waals surface area (Å²) in [6.45, 7) is 2.93. The van der Waals surface area contributed by atoms with E-state index in [1.54, 1.807) is 19.1 Å². The lowest BCUT2D eigenvalue weighted by Crippen LogP contribution is -2.22. The first-order valence-electron chi connectivity index (χ1n) is 6.64. The maximum atomic E-state index is 13.9. The molecular weight excluding hydrogens is 275 g/mol. The monoisotopic (exact) mass is 294 g/mol. The fraction of sp³-hybridized carbons (Fsp3) is 0.400. The summed E-state index contributed by atoms with van der Waals surface area (Å²) < 4.78 is 24.6. The highest BCUT2D eigenvalue weighted by Crippen LogP contribution is 2.28. The smallest absolute Gasteiger partial charge is 0.229 e. The zero-order valence-corrected chi connectivity index (χ0v) is 12.4. The van der Waals surface area contributed by atoms with Crippen LogP contribution in [0, 0.1) is 12.7 Å². The predicted molar refractivity (Wildman–Crippen MR) is 76.6 cm³/mol. The number of halogens is 1. The molecule has 0 atom stereocenters. The van der Waals surface area contributed by atoms with Crippen molar-refractivity contribution in [2.24, 2.45) is 0 Å². The minimum Gasteiger partial charge on any atom is -0.497 e. The molecule has 0 saturated carbocycles. The number of aromatic nitrogens is 1. The Morgan fingerprint density at radius 2 is 2.19 bits per heavy atom. The number of methoxy groups -OCH3 is 1. The van der Waals surface area contributed by atoms with Gasteiger partial charge in [0.25, 0.3) is 0 Å². The molecule has 0 amide bonds. The normalized spacial score (nSPS) is 11.1. The van der Waals surface area contributed by atoms with Crippen molar-refractivity contribution in [2.45, 2.75) is 13.5 Å². The van der Waals surface area contributed by atoms with Crippen LogP contribution in [0.2, 0.25) is 0 Å². The number of benzene rings is 1. The number of hydrogen-bond acceptors (Lipinski definition) is 5. The molecule has 1 aromatic carbocycles. The van der Waals surface area contributed by atoms with Gasteiger partial charge in [0.05, 0.1) is 25.0 Å². The standard InChI is InChI=1S/C15H19FN2O3/c1-10-14(9-18(2)6-7-19)17-15(21-10)12-8-11(20-3)4-5-13(12)16/h4-5,8,19H,6-7,9H2,1-3H3. The lowest BCUT2D eigenvalue weighted by Gasteiger charge is -2.12. The van der Waals surface area contributed by atoms with Crippen LogP contribution >= 0.6 is 0 Å². The molecule has 2 aromatic rings. The molecule has 1 aromatic heterocycles. The Kier molecular flexibility index (Phi) is 4.93. The average Bonchev–Trinajstić information content (AvgIpc) is 2.80. The molecule has 0 aliphatic heterocycles. The maximum absolute atomic E-state index is 13.9. The number of likely N-dealkylation sites (N-methyl/N-ethyl adjacent to an activating group) is 1. The molecule has 0 fully saturated rings. The SMILES string of the molecule is COc1ccc(F)c(-c2nc(CN(C)CCO)c(C)o2)c1. The Morgan fingerprint density at radius 3 is 2.86 bits per heavy atom. The summed E-state index contributed by atoms with van der Waals surface area (Å²) in [6, 6.07) is 4.43. The zero-order chi connectivity index (χ0) is 15.4. The van der Waals surface area contributed by atoms with Crippen molar-refractivity contribution >= 4 is 0 Å². The number of aliphatic hydroxyl groups is 1. The number of ether oxygens (including phenoxy) is 1. The van der Waals surface area contributed by atoms with Crippen LogP contribution in [0.15, 0.2) is 22.6 Å². The highest BCUT2D eigenvalue weighted by Gasteiger charge is 2.16. The maximum Gasteiger partial charge on any atom is 0.229 e. The van der Waals surface area contributed by atoms with Crippen LogP contribution in [0.3, 0.4) is 0 Å². The van der Waals surface area contributed by atoms with Gasteiger partial charge >= 0.3 is 0 Å². The number of aliphatic hydroxyl groups excluding tert-OH is 1. The van der Waals surface area contributed by atoms with E-state index in [4.69, 9.17) is 14.3 Å². The van der Waals surface area contributed by atoms with Crippen LogP contribution in [0.1, 0.15) is 11.5 Å². The lowest BCUT2D eigenvalue weighted by atomic mass is 10.2. The van der Waals surface area contributed by atoms with Crippen molar-refractivity contribution in [3.05, 3.63) is 35.5 Å². The van der Waals surface area contributed by atoms with Gasteiger partial charge in [0, 0.05) is 13.1 Å². The van der Waals surface area contributed by atoms with Crippen molar-refractivity contribution in [3.63, 3.8) is 0 Å². The molecule has 0 spiro atoms. The van der Waals surface area contributed by atoms with Gasteiger partial charge in [-0.2, -0.15) is 0 Å². The third-order valence-electron chi connectivity index (χ3n) is 3.20. The first-order valence-corrected chi connectivity index (χ1v) is 6.64. The summed E-state index contributed by atoms with van der Waals surface area (Å²) in [5.41, 5.74) is 0.997. The second-order valence-electron chi connectivity index (χ2n) is 4.83. The van der Waals surface area contributed by atoms with Crippen molar-refractivity contribution in [2.75, 3.05) is 27.3 Å². The minimum atomic E-state index is -0.410. The Labute approximate surface area is 123 Å². The van der Waals surface area contributed by atoms with Crippen molar-refractivity contribution < 1.29 is 18.7 Å². The minimum absolute atomic E-state index is 0.0742. The van der Waals surface area contributed by atoms with Gasteiger partial charge in [-0.25, -0.2) is 9.37 Å². The first-order chi connectivity index (χ1) is 10.0. The average molecular weight is 294 g/mol. The third-order valence-corrected chi connectivity index (χ3v) is 3.20. The van der Waals surface area contributed by atoms with E-state index in [9.17, 15) is 4.39 Å². The highest BCUT2D eigenvalue weighted by molar-refractivity contribution is 5.57. The molecular formula is C15H19FN2O3. The van der Waals surface area contributed by atoms with Crippen LogP contribution in [0.25, 0.3) is 11.5 Å². The van der Waals surface area contributed by atoms with Crippen LogP contribution in [-0.2, 0) is 6.54 Å². The van der Waals surface area contributed by atoms with E-state index in [2.05, 4.69) is 4.98 Å². The summed E-state index contributed by atoms with van der Waals surface area (Å²) in [5, 5.41) is 8.91. The molecule has 0 unspecified atom stereocenters. The number of nitrogens with zero attached hydrogens (tertiary/aromatic N) is 2. The van der Waals surface area contributed by atoms with E-state index in [-0.39, 0.29) is 18.1 Å². The molecule has 0 aliphatic rings. The van der Waals surface area contributed by atoms with E-state index >= 15 is 0 Å². The van der Waals surface area contributed by atoms with Crippen molar-refractivity contribution in [3.8, 4) is 17.2 Å². The Balaban J connectivity index is 2.29. The van der Waals surface area contributed by atoms with Gasteiger partial charge in [-0.15, -0.1) is 0 Å². The fourth-order valence-corrected chi connectivity index (χ4v) is 1.99. The molecule has 0 radical (unpaired) electrons. The molecule has 0 bridgehead atoms. The van der Waals surface area contributed by atoms with Gasteiger partial charge in [0.15, 0.2) is 0 Å². The molecule has 1 N–H and O–H groups in total. The van der Waals surface area contributed by atoms with Gasteiger partial charge in [-0.3, -0.25) is 4.90 Å². The molecule has 5 nitrogen and oxygen atoms in total. The van der Waals surface area contributed by atoms with E-state index in [0.29, 0.717) is 24.6 Å². The van der Waals surface area contributed by atoms with Gasteiger partial charge in [-0.1, -0.05) is 0 Å². The largest absolute Gasteiger partial charge is 0.497 e. The number of hydrogen-bond donors (Lipinski definition) is 1. The number of oxazole rings is 1. The summed E-state index contributed by atoms with van der Waals surface area (Å²) in [6.07, 6.45) is 0. The van der Waals surface area contributed by atoms with Gasteiger partial charge in [-0.05, 0) is 32.2 Å². The molecule has 0 aliphatic carbocycles. The Bertz CT molecular complexity index is 613. The van der Waals surface area contributed by atoms with E-state index < -0.39 is 5.82 Å². The molecule has 0 saturated heterocycles. The van der Waals surface area contributed by atoms with E-state index in [1.807, 2.05) is 11.9 Å². The van der Waals surface area contributed by atoms with Gasteiger partial charge in [0.2, 0.25) is 5.89 Å². The molecule has 2 rings (SSSR count). The van der Waals surface area contributed by atoms with Gasteiger partial charge in [0.1, 0.15) is 17.3 Å². The quantitative estimate of drug-likeness (QED) is 0.885. The molecule has 21 heavy (non-hydrogen) atoms. The molecule has 6 heteroatoms. The Morgan fingerprint density at radius 1 is 1.43 bits per heavy atom. The topological polar surface area (TPSA) is 58.7 Å². The molecule has 114 valence electrons. The Hall–Kier alpha value is -1.92. The lowest BCUT2D eigenvalue weighted by molar-refractivity contribution is 0.215. The predicted octanol–water partition coefficient (Wildman–Crippen LogP) is 2.22. The van der Waals surface area contributed by atoms with Crippen molar-refractivity contribution in [1.82, 2.24) is 9.88 Å². The summed E-state index contributed by atoms with van der Waals surface area (Å²) in [4.78, 5) is 6.27. The second-order valence-corrected chi connectivity index (χ2v) is 4.83. The van der Waals surface area contributed by atoms with Crippen LogP contribution < -0.4 is 4.74 Å². The summed E-state index contributed by atoms with van der Waals surface area (Å²) in [5.74, 6) is 1.00. The van der Waals surface area contributed by atoms with E-state index in [0.717, 1.165) is 5.69 Å². The summed E-state index contributed by atoms with van der Waals surface area (Å²) in [7, 11) is 3.39. The number of aryl methyl sites for hydroxylation is 1. The summed E-state index contributed by atoms with van der Waals surface area (Å²) >= 11 is 0.